The zero-order valence-electron chi connectivity index (χ0n) is 12.6. The van der Waals surface area contributed by atoms with E-state index >= 15 is 0 Å². The standard InChI is InChI=1S/C18H16F2O3/c1-22-10-11-23-16-6-2-13(3-7-16)18(21)9-4-14-12-15(19)5-8-17(14)20/h2-9,12H,10-11H2,1H3/b9-4+. The van der Waals surface area contributed by atoms with Gasteiger partial charge in [0.2, 0.25) is 0 Å². The largest absolute Gasteiger partial charge is 0.491 e. The highest BCUT2D eigenvalue weighted by Gasteiger charge is 2.04. The number of carbonyl (C=O) groups is 1. The number of hydrogen-bond acceptors (Lipinski definition) is 3. The van der Waals surface area contributed by atoms with Crippen LogP contribution in [0.25, 0.3) is 6.08 Å². The molecule has 23 heavy (non-hydrogen) atoms. The second kappa shape index (κ2) is 8.19. The van der Waals surface area contributed by atoms with Crippen LogP contribution in [0.2, 0.25) is 0 Å². The molecule has 5 heteroatoms. The van der Waals surface area contributed by atoms with Gasteiger partial charge in [-0.15, -0.1) is 0 Å². The van der Waals surface area contributed by atoms with Gasteiger partial charge in [-0.3, -0.25) is 4.79 Å². The Bertz CT molecular complexity index is 694. The van der Waals surface area contributed by atoms with Crippen LogP contribution in [0.3, 0.4) is 0 Å². The predicted molar refractivity (Wildman–Crippen MR) is 83.5 cm³/mol. The minimum Gasteiger partial charge on any atom is -0.491 e. The molecule has 0 bridgehead atoms. The van der Waals surface area contributed by atoms with Crippen molar-refractivity contribution in [3.63, 3.8) is 0 Å². The lowest BCUT2D eigenvalue weighted by Crippen LogP contribution is -2.04. The van der Waals surface area contributed by atoms with Crippen LogP contribution < -0.4 is 4.74 Å². The quantitative estimate of drug-likeness (QED) is 0.441. The summed E-state index contributed by atoms with van der Waals surface area (Å²) in [6.07, 6.45) is 2.46. The summed E-state index contributed by atoms with van der Waals surface area (Å²) >= 11 is 0. The van der Waals surface area contributed by atoms with E-state index in [1.54, 1.807) is 31.4 Å². The molecule has 2 aromatic carbocycles. The molecular formula is C18H16F2O3. The van der Waals surface area contributed by atoms with E-state index in [1.807, 2.05) is 0 Å². The molecule has 0 N–H and O–H groups in total. The van der Waals surface area contributed by atoms with Crippen LogP contribution in [0.1, 0.15) is 15.9 Å². The second-order valence-electron chi connectivity index (χ2n) is 4.73. The Morgan fingerprint density at radius 3 is 2.52 bits per heavy atom. The molecule has 0 amide bonds. The van der Waals surface area contributed by atoms with E-state index in [4.69, 9.17) is 9.47 Å². The fourth-order valence-corrected chi connectivity index (χ4v) is 1.86. The highest BCUT2D eigenvalue weighted by atomic mass is 19.1. The van der Waals surface area contributed by atoms with E-state index in [0.717, 1.165) is 18.2 Å². The summed E-state index contributed by atoms with van der Waals surface area (Å²) in [5.74, 6) is -0.829. The monoisotopic (exact) mass is 318 g/mol. The van der Waals surface area contributed by atoms with Crippen LogP contribution in [-0.4, -0.2) is 26.1 Å². The molecule has 0 saturated heterocycles. The fourth-order valence-electron chi connectivity index (χ4n) is 1.86. The topological polar surface area (TPSA) is 35.5 Å². The maximum absolute atomic E-state index is 13.5. The number of allylic oxidation sites excluding steroid dienone is 1. The molecule has 0 heterocycles. The van der Waals surface area contributed by atoms with Gasteiger partial charge in [-0.05, 0) is 54.6 Å². The van der Waals surface area contributed by atoms with Crippen molar-refractivity contribution in [1.29, 1.82) is 0 Å². The SMILES string of the molecule is COCCOc1ccc(C(=O)/C=C/c2cc(F)ccc2F)cc1. The van der Waals surface area contributed by atoms with Crippen LogP contribution >= 0.6 is 0 Å². The van der Waals surface area contributed by atoms with Crippen LogP contribution in [0.5, 0.6) is 5.75 Å². The van der Waals surface area contributed by atoms with E-state index < -0.39 is 11.6 Å². The highest BCUT2D eigenvalue weighted by Crippen LogP contribution is 2.15. The third-order valence-electron chi connectivity index (χ3n) is 3.07. The third-order valence-corrected chi connectivity index (χ3v) is 3.07. The van der Waals surface area contributed by atoms with Gasteiger partial charge >= 0.3 is 0 Å². The van der Waals surface area contributed by atoms with Gasteiger partial charge in [0.05, 0.1) is 6.61 Å². The average Bonchev–Trinajstić information content (AvgIpc) is 2.56. The van der Waals surface area contributed by atoms with E-state index in [0.29, 0.717) is 24.5 Å². The summed E-state index contributed by atoms with van der Waals surface area (Å²) in [6.45, 7) is 0.894. The molecule has 3 nitrogen and oxygen atoms in total. The average molecular weight is 318 g/mol. The van der Waals surface area contributed by atoms with Gasteiger partial charge in [-0.1, -0.05) is 0 Å². The van der Waals surface area contributed by atoms with Crippen molar-refractivity contribution in [2.24, 2.45) is 0 Å². The number of ether oxygens (including phenoxy) is 2. The van der Waals surface area contributed by atoms with Crippen molar-refractivity contribution in [2.45, 2.75) is 0 Å². The van der Waals surface area contributed by atoms with Gasteiger partial charge in [0.25, 0.3) is 0 Å². The Kier molecular flexibility index (Phi) is 6.00. The van der Waals surface area contributed by atoms with Gasteiger partial charge in [0, 0.05) is 18.2 Å². The first-order chi connectivity index (χ1) is 11.1. The first kappa shape index (κ1) is 16.8. The van der Waals surface area contributed by atoms with Crippen molar-refractivity contribution in [1.82, 2.24) is 0 Å². The number of benzene rings is 2. The summed E-state index contributed by atoms with van der Waals surface area (Å²) < 4.78 is 36.8. The van der Waals surface area contributed by atoms with Gasteiger partial charge in [-0.2, -0.15) is 0 Å². The Hall–Kier alpha value is -2.53. The van der Waals surface area contributed by atoms with E-state index in [1.165, 1.54) is 12.2 Å². The summed E-state index contributed by atoms with van der Waals surface area (Å²) in [7, 11) is 1.58. The van der Waals surface area contributed by atoms with Gasteiger partial charge in [-0.25, -0.2) is 8.78 Å². The minimum absolute atomic E-state index is 0.0258. The molecule has 0 radical (unpaired) electrons. The number of rotatable bonds is 7. The molecule has 0 aliphatic heterocycles. The zero-order chi connectivity index (χ0) is 16.7. The van der Waals surface area contributed by atoms with Crippen molar-refractivity contribution in [3.05, 3.63) is 71.3 Å². The second-order valence-corrected chi connectivity index (χ2v) is 4.73. The van der Waals surface area contributed by atoms with Crippen LogP contribution in [0.4, 0.5) is 8.78 Å². The van der Waals surface area contributed by atoms with Crippen LogP contribution in [0, 0.1) is 11.6 Å². The normalized spacial score (nSPS) is 10.9. The lowest BCUT2D eigenvalue weighted by molar-refractivity contribution is 0.104. The van der Waals surface area contributed by atoms with E-state index in [-0.39, 0.29) is 11.3 Å². The van der Waals surface area contributed by atoms with Crippen LogP contribution in [0.15, 0.2) is 48.5 Å². The summed E-state index contributed by atoms with van der Waals surface area (Å²) in [5.41, 5.74) is 0.454. The highest BCUT2D eigenvalue weighted by molar-refractivity contribution is 6.06. The van der Waals surface area contributed by atoms with Crippen molar-refractivity contribution >= 4 is 11.9 Å². The molecule has 0 aliphatic rings. The van der Waals surface area contributed by atoms with E-state index in [9.17, 15) is 13.6 Å². The summed E-state index contributed by atoms with van der Waals surface area (Å²) in [6, 6.07) is 9.63. The maximum atomic E-state index is 13.5. The first-order valence-electron chi connectivity index (χ1n) is 6.99. The van der Waals surface area contributed by atoms with Gasteiger partial charge < -0.3 is 9.47 Å². The Labute approximate surface area is 133 Å². The predicted octanol–water partition coefficient (Wildman–Crippen LogP) is 3.89. The molecular weight excluding hydrogens is 302 g/mol. The zero-order valence-corrected chi connectivity index (χ0v) is 12.6. The lowest BCUT2D eigenvalue weighted by atomic mass is 10.1. The summed E-state index contributed by atoms with van der Waals surface area (Å²) in [5, 5.41) is 0. The van der Waals surface area contributed by atoms with Crippen LogP contribution in [-0.2, 0) is 4.74 Å². The minimum atomic E-state index is -0.586. The molecule has 2 aromatic rings. The molecule has 0 fully saturated rings. The molecule has 2 rings (SSSR count). The van der Waals surface area contributed by atoms with Crippen molar-refractivity contribution in [2.75, 3.05) is 20.3 Å². The molecule has 0 aliphatic carbocycles. The number of carbonyl (C=O) groups excluding carboxylic acids is 1. The maximum Gasteiger partial charge on any atom is 0.185 e. The number of halogens is 2. The Morgan fingerprint density at radius 2 is 1.83 bits per heavy atom. The Morgan fingerprint density at radius 1 is 1.09 bits per heavy atom. The molecule has 0 unspecified atom stereocenters. The number of methoxy groups -OCH3 is 1. The van der Waals surface area contributed by atoms with E-state index in [2.05, 4.69) is 0 Å². The number of ketones is 1. The Balaban J connectivity index is 2.02. The fraction of sp³-hybridized carbons (Fsp3) is 0.167. The smallest absolute Gasteiger partial charge is 0.185 e. The summed E-state index contributed by atoms with van der Waals surface area (Å²) in [4.78, 5) is 12.0. The van der Waals surface area contributed by atoms with Crippen molar-refractivity contribution in [3.8, 4) is 5.75 Å². The number of hydrogen-bond donors (Lipinski definition) is 0. The van der Waals surface area contributed by atoms with Gasteiger partial charge in [0.15, 0.2) is 5.78 Å². The molecule has 0 atom stereocenters. The third kappa shape index (κ3) is 5.00. The molecule has 0 aromatic heterocycles. The first-order valence-corrected chi connectivity index (χ1v) is 6.99. The lowest BCUT2D eigenvalue weighted by Gasteiger charge is -2.05. The molecule has 120 valence electrons. The molecule has 0 saturated carbocycles. The molecule has 0 spiro atoms. The van der Waals surface area contributed by atoms with Gasteiger partial charge in [0.1, 0.15) is 24.0 Å². The van der Waals surface area contributed by atoms with Crippen molar-refractivity contribution < 1.29 is 23.0 Å².